The second-order valence-corrected chi connectivity index (χ2v) is 7.25. The average molecular weight is 264 g/mol. The van der Waals surface area contributed by atoms with E-state index in [4.69, 9.17) is 0 Å². The maximum atomic E-state index is 12.1. The van der Waals surface area contributed by atoms with Gasteiger partial charge in [0.05, 0.1) is 6.10 Å². The molecular formula is C15H24N2O2. The molecule has 0 aromatic heterocycles. The Kier molecular flexibility index (Phi) is 2.60. The molecule has 0 saturated heterocycles. The fourth-order valence-electron chi connectivity index (χ4n) is 4.76. The first kappa shape index (κ1) is 12.0. The molecule has 0 aliphatic heterocycles. The van der Waals surface area contributed by atoms with Gasteiger partial charge in [0, 0.05) is 19.6 Å². The molecule has 106 valence electrons. The van der Waals surface area contributed by atoms with Crippen LogP contribution >= 0.6 is 0 Å². The van der Waals surface area contributed by atoms with Gasteiger partial charge < -0.3 is 15.3 Å². The normalized spacial score (nSPS) is 43.8. The number of nitrogens with zero attached hydrogens (tertiary/aromatic N) is 1. The van der Waals surface area contributed by atoms with Gasteiger partial charge in [0.1, 0.15) is 0 Å². The Balaban J connectivity index is 1.28. The van der Waals surface area contributed by atoms with Gasteiger partial charge in [-0.25, -0.2) is 4.79 Å². The maximum absolute atomic E-state index is 12.1. The van der Waals surface area contributed by atoms with Crippen molar-refractivity contribution >= 4 is 6.03 Å². The van der Waals surface area contributed by atoms with Crippen LogP contribution in [0.2, 0.25) is 0 Å². The molecule has 4 saturated carbocycles. The molecular weight excluding hydrogens is 240 g/mol. The largest absolute Gasteiger partial charge is 0.391 e. The molecule has 4 fully saturated rings. The summed E-state index contributed by atoms with van der Waals surface area (Å²) in [4.78, 5) is 13.8. The summed E-state index contributed by atoms with van der Waals surface area (Å²) in [6, 6.07) is 0.456. The first-order valence-electron chi connectivity index (χ1n) is 7.85. The van der Waals surface area contributed by atoms with Crippen molar-refractivity contribution in [3.63, 3.8) is 0 Å². The minimum Gasteiger partial charge on any atom is -0.391 e. The van der Waals surface area contributed by atoms with Gasteiger partial charge in [0.25, 0.3) is 0 Å². The van der Waals surface area contributed by atoms with Gasteiger partial charge in [0.2, 0.25) is 0 Å². The topological polar surface area (TPSA) is 52.6 Å². The van der Waals surface area contributed by atoms with E-state index in [0.717, 1.165) is 36.5 Å². The number of rotatable bonds is 4. The lowest BCUT2D eigenvalue weighted by molar-refractivity contribution is 0.113. The summed E-state index contributed by atoms with van der Waals surface area (Å²) >= 11 is 0. The van der Waals surface area contributed by atoms with E-state index in [-0.39, 0.29) is 12.1 Å². The molecule has 4 rings (SSSR count). The number of hydrogen-bond donors (Lipinski definition) is 2. The highest BCUT2D eigenvalue weighted by Gasteiger charge is 2.65. The lowest BCUT2D eigenvalue weighted by atomic mass is 10.0. The van der Waals surface area contributed by atoms with Gasteiger partial charge in [0.15, 0.2) is 0 Å². The van der Waals surface area contributed by atoms with Crippen LogP contribution < -0.4 is 5.32 Å². The number of amides is 2. The molecule has 5 atom stereocenters. The summed E-state index contributed by atoms with van der Waals surface area (Å²) in [5.41, 5.74) is 0. The van der Waals surface area contributed by atoms with Gasteiger partial charge in [-0.3, -0.25) is 0 Å². The van der Waals surface area contributed by atoms with Crippen molar-refractivity contribution in [1.29, 1.82) is 0 Å². The van der Waals surface area contributed by atoms with E-state index in [1.165, 1.54) is 19.3 Å². The quantitative estimate of drug-likeness (QED) is 0.807. The zero-order chi connectivity index (χ0) is 13.1. The Morgan fingerprint density at radius 2 is 1.89 bits per heavy atom. The molecule has 19 heavy (non-hydrogen) atoms. The van der Waals surface area contributed by atoms with Crippen molar-refractivity contribution in [3.05, 3.63) is 0 Å². The number of carbonyl (C=O) groups excluding carboxylic acids is 1. The predicted octanol–water partition coefficient (Wildman–Crippen LogP) is 1.44. The third-order valence-electron chi connectivity index (χ3n) is 6.00. The third kappa shape index (κ3) is 1.95. The fraction of sp³-hybridized carbons (Fsp3) is 0.933. The minimum absolute atomic E-state index is 0.0125. The Morgan fingerprint density at radius 3 is 2.47 bits per heavy atom. The van der Waals surface area contributed by atoms with E-state index in [1.807, 2.05) is 0 Å². The van der Waals surface area contributed by atoms with Gasteiger partial charge in [-0.15, -0.1) is 0 Å². The lowest BCUT2D eigenvalue weighted by Crippen LogP contribution is -2.43. The fourth-order valence-corrected chi connectivity index (χ4v) is 4.76. The second kappa shape index (κ2) is 4.11. The molecule has 2 amide bonds. The Labute approximate surface area is 114 Å². The Hall–Kier alpha value is -0.770. The molecule has 2 N–H and O–H groups in total. The van der Waals surface area contributed by atoms with E-state index in [0.29, 0.717) is 18.5 Å². The van der Waals surface area contributed by atoms with Crippen LogP contribution in [0, 0.1) is 29.6 Å². The van der Waals surface area contributed by atoms with Crippen LogP contribution in [-0.2, 0) is 0 Å². The molecule has 4 nitrogen and oxygen atoms in total. The van der Waals surface area contributed by atoms with Crippen molar-refractivity contribution in [1.82, 2.24) is 10.2 Å². The predicted molar refractivity (Wildman–Crippen MR) is 71.5 cm³/mol. The van der Waals surface area contributed by atoms with Gasteiger partial charge in [-0.05, 0) is 61.7 Å². The van der Waals surface area contributed by atoms with Crippen LogP contribution in [0.4, 0.5) is 4.79 Å². The zero-order valence-electron chi connectivity index (χ0n) is 11.6. The Bertz CT molecular complexity index is 380. The number of fused-ring (bicyclic) bond motifs is 5. The molecule has 0 spiro atoms. The number of likely N-dealkylation sites (N-methyl/N-ethyl adjacent to an activating group) is 1. The molecule has 0 radical (unpaired) electrons. The van der Waals surface area contributed by atoms with Crippen LogP contribution in [0.25, 0.3) is 0 Å². The summed E-state index contributed by atoms with van der Waals surface area (Å²) < 4.78 is 0. The molecule has 2 bridgehead atoms. The number of urea groups is 1. The summed E-state index contributed by atoms with van der Waals surface area (Å²) in [6.07, 6.45) is 6.09. The molecule has 0 aromatic rings. The number of carbonyl (C=O) groups is 1. The van der Waals surface area contributed by atoms with Crippen molar-refractivity contribution in [2.75, 3.05) is 13.6 Å². The number of aliphatic hydroxyl groups is 1. The third-order valence-corrected chi connectivity index (χ3v) is 6.00. The van der Waals surface area contributed by atoms with Crippen LogP contribution in [0.5, 0.6) is 0 Å². The lowest BCUT2D eigenvalue weighted by Gasteiger charge is -2.22. The molecule has 0 heterocycles. The zero-order valence-corrected chi connectivity index (χ0v) is 11.6. The summed E-state index contributed by atoms with van der Waals surface area (Å²) in [5.74, 6) is 3.78. The number of aliphatic hydroxyl groups excluding tert-OH is 1. The second-order valence-electron chi connectivity index (χ2n) is 7.25. The van der Waals surface area contributed by atoms with Crippen LogP contribution in [0.1, 0.15) is 32.1 Å². The first-order chi connectivity index (χ1) is 9.15. The van der Waals surface area contributed by atoms with Crippen molar-refractivity contribution in [2.45, 2.75) is 44.2 Å². The van der Waals surface area contributed by atoms with Gasteiger partial charge in [-0.1, -0.05) is 0 Å². The molecule has 4 heteroatoms. The van der Waals surface area contributed by atoms with E-state index in [2.05, 4.69) is 5.32 Å². The average Bonchev–Trinajstić information content (AvgIpc) is 3.28. The maximum Gasteiger partial charge on any atom is 0.317 e. The Morgan fingerprint density at radius 1 is 1.26 bits per heavy atom. The first-order valence-corrected chi connectivity index (χ1v) is 7.85. The molecule has 4 aliphatic rings. The smallest absolute Gasteiger partial charge is 0.317 e. The summed E-state index contributed by atoms with van der Waals surface area (Å²) in [5, 5.41) is 13.1. The monoisotopic (exact) mass is 264 g/mol. The molecule has 0 aromatic carbocycles. The van der Waals surface area contributed by atoms with Crippen LogP contribution in [0.15, 0.2) is 0 Å². The van der Waals surface area contributed by atoms with E-state index >= 15 is 0 Å². The number of nitrogens with one attached hydrogen (secondary N) is 1. The van der Waals surface area contributed by atoms with E-state index in [9.17, 15) is 9.90 Å². The van der Waals surface area contributed by atoms with E-state index < -0.39 is 0 Å². The summed E-state index contributed by atoms with van der Waals surface area (Å²) in [7, 11) is 1.80. The van der Waals surface area contributed by atoms with Crippen LogP contribution in [-0.4, -0.2) is 41.8 Å². The van der Waals surface area contributed by atoms with Crippen LogP contribution in [0.3, 0.4) is 0 Å². The van der Waals surface area contributed by atoms with E-state index in [1.54, 1.807) is 11.9 Å². The van der Waals surface area contributed by atoms with Gasteiger partial charge in [-0.2, -0.15) is 0 Å². The molecule has 4 aliphatic carbocycles. The SMILES string of the molecule is CN(CC(O)C1CC1)C(=O)NC1C2C3CCC(C3)C12. The highest BCUT2D eigenvalue weighted by atomic mass is 16.3. The minimum atomic E-state index is -0.328. The number of hydrogen-bond acceptors (Lipinski definition) is 2. The summed E-state index contributed by atoms with van der Waals surface area (Å²) in [6.45, 7) is 0.478. The van der Waals surface area contributed by atoms with Gasteiger partial charge >= 0.3 is 6.03 Å². The van der Waals surface area contributed by atoms with Crippen molar-refractivity contribution < 1.29 is 9.90 Å². The highest BCUT2D eigenvalue weighted by Crippen LogP contribution is 2.65. The standard InChI is InChI=1S/C15H24N2O2/c1-17(7-11(18)8-2-3-8)15(19)16-14-12-9-4-5-10(6-9)13(12)14/h8-14,18H,2-7H2,1H3,(H,16,19). The van der Waals surface area contributed by atoms with Crippen molar-refractivity contribution in [2.24, 2.45) is 29.6 Å². The molecule has 5 unspecified atom stereocenters. The highest BCUT2D eigenvalue weighted by molar-refractivity contribution is 5.75. The van der Waals surface area contributed by atoms with Crippen molar-refractivity contribution in [3.8, 4) is 0 Å².